The molecule has 1 aromatic heterocycles. The Morgan fingerprint density at radius 3 is 3.08 bits per heavy atom. The molecule has 2 heteroatoms. The van der Waals surface area contributed by atoms with E-state index in [0.717, 1.165) is 6.54 Å². The number of aromatic nitrogens is 1. The smallest absolute Gasteiger partial charge is 0.172 e. The highest BCUT2D eigenvalue weighted by atomic mass is 15.1. The summed E-state index contributed by atoms with van der Waals surface area (Å²) in [6, 6.07) is 2.23. The fourth-order valence-corrected chi connectivity index (χ4v) is 1.75. The topological polar surface area (TPSA) is 7.12 Å². The van der Waals surface area contributed by atoms with Crippen LogP contribution in [0.15, 0.2) is 18.5 Å². The van der Waals surface area contributed by atoms with Gasteiger partial charge in [0.1, 0.15) is 7.05 Å². The Labute approximate surface area is 73.4 Å². The van der Waals surface area contributed by atoms with E-state index in [1.54, 1.807) is 0 Å². The molecule has 2 nitrogen and oxygen atoms in total. The molecule has 2 rings (SSSR count). The van der Waals surface area contributed by atoms with Crippen molar-refractivity contribution in [1.82, 2.24) is 4.90 Å². The lowest BCUT2D eigenvalue weighted by Gasteiger charge is -2.23. The molecule has 0 unspecified atom stereocenters. The summed E-state index contributed by atoms with van der Waals surface area (Å²) in [4.78, 5) is 2.36. The molecule has 1 aliphatic rings. The third kappa shape index (κ3) is 1.34. The summed E-state index contributed by atoms with van der Waals surface area (Å²) in [5, 5.41) is 0. The van der Waals surface area contributed by atoms with Gasteiger partial charge in [0.25, 0.3) is 0 Å². The Hall–Kier alpha value is -0.890. The summed E-state index contributed by atoms with van der Waals surface area (Å²) >= 11 is 0. The van der Waals surface area contributed by atoms with Crippen molar-refractivity contribution in [3.63, 3.8) is 0 Å². The van der Waals surface area contributed by atoms with Crippen molar-refractivity contribution in [2.45, 2.75) is 13.0 Å². The summed E-state index contributed by atoms with van der Waals surface area (Å²) in [6.45, 7) is 2.30. The van der Waals surface area contributed by atoms with E-state index in [9.17, 15) is 0 Å². The molecule has 1 aromatic rings. The van der Waals surface area contributed by atoms with Gasteiger partial charge in [-0.05, 0) is 19.0 Å². The van der Waals surface area contributed by atoms with E-state index in [4.69, 9.17) is 0 Å². The molecule has 0 saturated heterocycles. The molecule has 0 aliphatic carbocycles. The predicted molar refractivity (Wildman–Crippen MR) is 47.7 cm³/mol. The Kier molecular flexibility index (Phi) is 1.85. The molecule has 0 saturated carbocycles. The number of hydrogen-bond acceptors (Lipinski definition) is 1. The van der Waals surface area contributed by atoms with Crippen LogP contribution in [0, 0.1) is 0 Å². The fourth-order valence-electron chi connectivity index (χ4n) is 1.75. The molecule has 2 heterocycles. The number of hydrogen-bond donors (Lipinski definition) is 0. The molecular formula is C10H15N2+. The number of pyridine rings is 1. The van der Waals surface area contributed by atoms with Crippen LogP contribution in [0.25, 0.3) is 0 Å². The van der Waals surface area contributed by atoms with Crippen molar-refractivity contribution in [3.8, 4) is 0 Å². The molecule has 1 aliphatic heterocycles. The maximum atomic E-state index is 2.36. The Balaban J connectivity index is 2.37. The monoisotopic (exact) mass is 163 g/mol. The third-order valence-corrected chi connectivity index (χ3v) is 2.49. The molecule has 0 amide bonds. The second-order valence-electron chi connectivity index (χ2n) is 3.65. The maximum Gasteiger partial charge on any atom is 0.172 e. The van der Waals surface area contributed by atoms with Gasteiger partial charge >= 0.3 is 0 Å². The van der Waals surface area contributed by atoms with E-state index in [2.05, 4.69) is 42.0 Å². The van der Waals surface area contributed by atoms with Gasteiger partial charge in [-0.25, -0.2) is 4.57 Å². The highest BCUT2D eigenvalue weighted by molar-refractivity contribution is 5.23. The van der Waals surface area contributed by atoms with Crippen molar-refractivity contribution in [2.24, 2.45) is 7.05 Å². The van der Waals surface area contributed by atoms with Crippen LogP contribution in [-0.4, -0.2) is 18.5 Å². The first kappa shape index (κ1) is 7.74. The summed E-state index contributed by atoms with van der Waals surface area (Å²) in [5.41, 5.74) is 3.00. The number of likely N-dealkylation sites (N-methyl/N-ethyl adjacent to an activating group) is 1. The van der Waals surface area contributed by atoms with Gasteiger partial charge in [-0.1, -0.05) is 0 Å². The van der Waals surface area contributed by atoms with Crippen LogP contribution in [0.3, 0.4) is 0 Å². The Bertz CT molecular complexity index is 294. The first-order valence-corrected chi connectivity index (χ1v) is 4.41. The normalized spacial score (nSPS) is 17.5. The zero-order valence-electron chi connectivity index (χ0n) is 7.75. The summed E-state index contributed by atoms with van der Waals surface area (Å²) < 4.78 is 2.13. The van der Waals surface area contributed by atoms with Gasteiger partial charge in [0, 0.05) is 24.7 Å². The lowest BCUT2D eigenvalue weighted by molar-refractivity contribution is -0.672. The van der Waals surface area contributed by atoms with Gasteiger partial charge in [0.05, 0.1) is 0 Å². The lowest BCUT2D eigenvalue weighted by Crippen LogP contribution is -2.33. The minimum Gasteiger partial charge on any atom is -0.302 e. The highest BCUT2D eigenvalue weighted by Gasteiger charge is 2.14. The SMILES string of the molecule is CN1CCc2c[n+](C)ccc2C1. The average molecular weight is 163 g/mol. The lowest BCUT2D eigenvalue weighted by atomic mass is 10.0. The van der Waals surface area contributed by atoms with E-state index in [1.807, 2.05) is 0 Å². The predicted octanol–water partition coefficient (Wildman–Crippen LogP) is 0.499. The Morgan fingerprint density at radius 2 is 2.25 bits per heavy atom. The van der Waals surface area contributed by atoms with Crippen molar-refractivity contribution in [2.75, 3.05) is 13.6 Å². The van der Waals surface area contributed by atoms with Gasteiger partial charge in [-0.2, -0.15) is 0 Å². The molecule has 0 atom stereocenters. The fraction of sp³-hybridized carbons (Fsp3) is 0.500. The molecule has 64 valence electrons. The molecule has 0 N–H and O–H groups in total. The van der Waals surface area contributed by atoms with Crippen molar-refractivity contribution in [1.29, 1.82) is 0 Å². The van der Waals surface area contributed by atoms with Gasteiger partial charge < -0.3 is 4.90 Å². The Morgan fingerprint density at radius 1 is 1.42 bits per heavy atom. The van der Waals surface area contributed by atoms with Crippen LogP contribution >= 0.6 is 0 Å². The number of aryl methyl sites for hydroxylation is 1. The van der Waals surface area contributed by atoms with E-state index < -0.39 is 0 Å². The van der Waals surface area contributed by atoms with E-state index in [-0.39, 0.29) is 0 Å². The third-order valence-electron chi connectivity index (χ3n) is 2.49. The van der Waals surface area contributed by atoms with Gasteiger partial charge in [-0.15, -0.1) is 0 Å². The van der Waals surface area contributed by atoms with E-state index in [1.165, 1.54) is 24.1 Å². The van der Waals surface area contributed by atoms with Gasteiger partial charge in [-0.3, -0.25) is 0 Å². The standard InChI is InChI=1S/C10H15N2/c1-11-5-3-10-8-12(2)6-4-9(10)7-11/h3,5,7H,4,6,8H2,1-2H3/q+1. The average Bonchev–Trinajstić information content (AvgIpc) is 2.05. The van der Waals surface area contributed by atoms with Crippen LogP contribution in [0.4, 0.5) is 0 Å². The molecule has 0 bridgehead atoms. The second kappa shape index (κ2) is 2.87. The summed E-state index contributed by atoms with van der Waals surface area (Å²) in [5.74, 6) is 0. The minimum absolute atomic E-state index is 1.11. The number of rotatable bonds is 0. The molecule has 12 heavy (non-hydrogen) atoms. The van der Waals surface area contributed by atoms with Crippen molar-refractivity contribution in [3.05, 3.63) is 29.6 Å². The minimum atomic E-state index is 1.11. The number of fused-ring (bicyclic) bond motifs is 1. The highest BCUT2D eigenvalue weighted by Crippen LogP contribution is 2.14. The molecule has 0 radical (unpaired) electrons. The van der Waals surface area contributed by atoms with Gasteiger partial charge in [0.15, 0.2) is 12.4 Å². The largest absolute Gasteiger partial charge is 0.302 e. The second-order valence-corrected chi connectivity index (χ2v) is 3.65. The van der Waals surface area contributed by atoms with Crippen LogP contribution in [0.5, 0.6) is 0 Å². The molecule has 0 fully saturated rings. The molecule has 0 spiro atoms. The maximum absolute atomic E-state index is 2.36. The van der Waals surface area contributed by atoms with Crippen LogP contribution in [0.2, 0.25) is 0 Å². The van der Waals surface area contributed by atoms with Crippen LogP contribution < -0.4 is 4.57 Å². The first-order chi connectivity index (χ1) is 5.75. The molecule has 0 aromatic carbocycles. The molecular weight excluding hydrogens is 148 g/mol. The van der Waals surface area contributed by atoms with E-state index in [0.29, 0.717) is 0 Å². The van der Waals surface area contributed by atoms with Crippen molar-refractivity contribution < 1.29 is 4.57 Å². The van der Waals surface area contributed by atoms with E-state index >= 15 is 0 Å². The zero-order valence-corrected chi connectivity index (χ0v) is 7.75. The quantitative estimate of drug-likeness (QED) is 0.505. The van der Waals surface area contributed by atoms with Crippen molar-refractivity contribution >= 4 is 0 Å². The zero-order chi connectivity index (χ0) is 8.55. The summed E-state index contributed by atoms with van der Waals surface area (Å²) in [7, 11) is 4.26. The van der Waals surface area contributed by atoms with Crippen LogP contribution in [-0.2, 0) is 20.0 Å². The summed E-state index contributed by atoms with van der Waals surface area (Å²) in [6.07, 6.45) is 5.56. The van der Waals surface area contributed by atoms with Gasteiger partial charge in [0.2, 0.25) is 0 Å². The number of nitrogens with zero attached hydrogens (tertiary/aromatic N) is 2. The first-order valence-electron chi connectivity index (χ1n) is 4.41. The van der Waals surface area contributed by atoms with Crippen LogP contribution in [0.1, 0.15) is 11.1 Å².